The second-order valence-electron chi connectivity index (χ2n) is 5.02. The summed E-state index contributed by atoms with van der Waals surface area (Å²) < 4.78 is 5.92. The second-order valence-corrected chi connectivity index (χ2v) is 5.02. The Morgan fingerprint density at radius 2 is 1.77 bits per heavy atom. The Morgan fingerprint density at radius 1 is 1.00 bits per heavy atom. The van der Waals surface area contributed by atoms with Crippen LogP contribution in [-0.4, -0.2) is 21.9 Å². The van der Waals surface area contributed by atoms with Crippen LogP contribution in [0, 0.1) is 0 Å². The molecule has 0 saturated heterocycles. The quantitative estimate of drug-likeness (QED) is 0.734. The average molecular weight is 294 g/mol. The van der Waals surface area contributed by atoms with E-state index in [0.717, 1.165) is 23.4 Å². The Labute approximate surface area is 129 Å². The standard InChI is InChI=1S/C18H18N2O2/c21-13-15-12-17(20-19-15)16-8-4-5-9-18(16)22-11-10-14-6-2-1-3-7-14/h1-9,12,21H,10-11,13H2,(H,19,20). The molecule has 3 aromatic rings. The summed E-state index contributed by atoms with van der Waals surface area (Å²) in [4.78, 5) is 0. The fraction of sp³-hybridized carbons (Fsp3) is 0.167. The maximum Gasteiger partial charge on any atom is 0.128 e. The van der Waals surface area contributed by atoms with Crippen molar-refractivity contribution in [3.63, 3.8) is 0 Å². The SMILES string of the molecule is OCc1cc(-c2ccccc2OCCc2ccccc2)n[nH]1. The van der Waals surface area contributed by atoms with Gasteiger partial charge in [0.25, 0.3) is 0 Å². The van der Waals surface area contributed by atoms with Crippen molar-refractivity contribution in [2.24, 2.45) is 0 Å². The molecule has 22 heavy (non-hydrogen) atoms. The fourth-order valence-electron chi connectivity index (χ4n) is 2.31. The first-order valence-corrected chi connectivity index (χ1v) is 7.28. The number of aliphatic hydroxyl groups is 1. The van der Waals surface area contributed by atoms with Crippen LogP contribution < -0.4 is 4.74 Å². The molecule has 0 bridgehead atoms. The zero-order valence-corrected chi connectivity index (χ0v) is 12.2. The second kappa shape index (κ2) is 6.91. The Hall–Kier alpha value is -2.59. The summed E-state index contributed by atoms with van der Waals surface area (Å²) in [7, 11) is 0. The molecule has 0 atom stereocenters. The van der Waals surface area contributed by atoms with E-state index in [9.17, 15) is 0 Å². The lowest BCUT2D eigenvalue weighted by atomic mass is 10.1. The average Bonchev–Trinajstić information content (AvgIpc) is 3.05. The molecule has 0 unspecified atom stereocenters. The highest BCUT2D eigenvalue weighted by Crippen LogP contribution is 2.28. The van der Waals surface area contributed by atoms with Gasteiger partial charge in [-0.15, -0.1) is 0 Å². The minimum atomic E-state index is -0.0516. The van der Waals surface area contributed by atoms with Crippen molar-refractivity contribution in [2.45, 2.75) is 13.0 Å². The molecule has 0 radical (unpaired) electrons. The molecule has 0 spiro atoms. The summed E-state index contributed by atoms with van der Waals surface area (Å²) in [6.07, 6.45) is 0.859. The van der Waals surface area contributed by atoms with Crippen molar-refractivity contribution in [3.05, 3.63) is 71.9 Å². The summed E-state index contributed by atoms with van der Waals surface area (Å²) in [6, 6.07) is 19.9. The molecule has 0 amide bonds. The van der Waals surface area contributed by atoms with E-state index in [-0.39, 0.29) is 6.61 Å². The molecular weight excluding hydrogens is 276 g/mol. The van der Waals surface area contributed by atoms with E-state index in [0.29, 0.717) is 12.3 Å². The number of ether oxygens (including phenoxy) is 1. The van der Waals surface area contributed by atoms with Crippen LogP contribution in [0.5, 0.6) is 5.75 Å². The molecule has 112 valence electrons. The number of hydrogen-bond acceptors (Lipinski definition) is 3. The molecule has 2 aromatic carbocycles. The van der Waals surface area contributed by atoms with Crippen molar-refractivity contribution >= 4 is 0 Å². The number of H-pyrrole nitrogens is 1. The number of hydrogen-bond donors (Lipinski definition) is 2. The van der Waals surface area contributed by atoms with Gasteiger partial charge in [0, 0.05) is 12.0 Å². The molecule has 4 heteroatoms. The van der Waals surface area contributed by atoms with Crippen LogP contribution in [0.2, 0.25) is 0 Å². The van der Waals surface area contributed by atoms with Gasteiger partial charge in [-0.1, -0.05) is 42.5 Å². The summed E-state index contributed by atoms with van der Waals surface area (Å²) in [5.74, 6) is 0.800. The van der Waals surface area contributed by atoms with Gasteiger partial charge in [0.1, 0.15) is 5.75 Å². The molecule has 1 aromatic heterocycles. The highest BCUT2D eigenvalue weighted by molar-refractivity contribution is 5.67. The van der Waals surface area contributed by atoms with Gasteiger partial charge in [-0.3, -0.25) is 5.10 Å². The molecule has 0 aliphatic carbocycles. The van der Waals surface area contributed by atoms with Gasteiger partial charge < -0.3 is 9.84 Å². The molecule has 0 saturated carbocycles. The molecule has 4 nitrogen and oxygen atoms in total. The van der Waals surface area contributed by atoms with Gasteiger partial charge in [0.05, 0.1) is 24.6 Å². The summed E-state index contributed by atoms with van der Waals surface area (Å²) in [6.45, 7) is 0.558. The smallest absolute Gasteiger partial charge is 0.128 e. The van der Waals surface area contributed by atoms with Gasteiger partial charge in [0.2, 0.25) is 0 Å². The molecule has 2 N–H and O–H groups in total. The van der Waals surface area contributed by atoms with Crippen molar-refractivity contribution in [1.82, 2.24) is 10.2 Å². The van der Waals surface area contributed by atoms with Crippen LogP contribution in [0.1, 0.15) is 11.3 Å². The predicted molar refractivity (Wildman–Crippen MR) is 85.6 cm³/mol. The number of aromatic amines is 1. The number of aliphatic hydroxyl groups excluding tert-OH is 1. The van der Waals surface area contributed by atoms with Gasteiger partial charge in [-0.2, -0.15) is 5.10 Å². The first-order chi connectivity index (χ1) is 10.9. The van der Waals surface area contributed by atoms with Crippen molar-refractivity contribution < 1.29 is 9.84 Å². The highest BCUT2D eigenvalue weighted by atomic mass is 16.5. The molecule has 0 fully saturated rings. The van der Waals surface area contributed by atoms with E-state index in [1.165, 1.54) is 5.56 Å². The van der Waals surface area contributed by atoms with Crippen LogP contribution in [0.15, 0.2) is 60.7 Å². The van der Waals surface area contributed by atoms with Gasteiger partial charge in [-0.25, -0.2) is 0 Å². The summed E-state index contributed by atoms with van der Waals surface area (Å²) in [5.41, 5.74) is 3.64. The zero-order valence-electron chi connectivity index (χ0n) is 12.2. The summed E-state index contributed by atoms with van der Waals surface area (Å²) in [5, 5.41) is 16.2. The third kappa shape index (κ3) is 3.35. The number of aromatic nitrogens is 2. The predicted octanol–water partition coefficient (Wildman–Crippen LogP) is 3.19. The van der Waals surface area contributed by atoms with Crippen LogP contribution >= 0.6 is 0 Å². The third-order valence-electron chi connectivity index (χ3n) is 3.46. The lowest BCUT2D eigenvalue weighted by Gasteiger charge is -2.10. The van der Waals surface area contributed by atoms with Crippen LogP contribution in [-0.2, 0) is 13.0 Å². The van der Waals surface area contributed by atoms with Gasteiger partial charge >= 0.3 is 0 Å². The topological polar surface area (TPSA) is 58.1 Å². The molecule has 1 heterocycles. The Kier molecular flexibility index (Phi) is 4.51. The van der Waals surface area contributed by atoms with E-state index in [1.54, 1.807) is 0 Å². The summed E-state index contributed by atoms with van der Waals surface area (Å²) >= 11 is 0. The monoisotopic (exact) mass is 294 g/mol. The van der Waals surface area contributed by atoms with E-state index >= 15 is 0 Å². The van der Waals surface area contributed by atoms with Crippen molar-refractivity contribution in [2.75, 3.05) is 6.61 Å². The van der Waals surface area contributed by atoms with E-state index in [2.05, 4.69) is 22.3 Å². The first kappa shape index (κ1) is 14.4. The Morgan fingerprint density at radius 3 is 2.55 bits per heavy atom. The number of para-hydroxylation sites is 1. The van der Waals surface area contributed by atoms with Crippen molar-refractivity contribution in [3.8, 4) is 17.0 Å². The maximum absolute atomic E-state index is 9.13. The Bertz CT molecular complexity index is 723. The van der Waals surface area contributed by atoms with Crippen LogP contribution in [0.3, 0.4) is 0 Å². The lowest BCUT2D eigenvalue weighted by Crippen LogP contribution is -2.02. The van der Waals surface area contributed by atoms with E-state index in [1.807, 2.05) is 48.5 Å². The Balaban J connectivity index is 1.71. The first-order valence-electron chi connectivity index (χ1n) is 7.28. The molecule has 3 rings (SSSR count). The molecular formula is C18H18N2O2. The van der Waals surface area contributed by atoms with Gasteiger partial charge in [-0.05, 0) is 23.8 Å². The number of nitrogens with zero attached hydrogens (tertiary/aromatic N) is 1. The highest BCUT2D eigenvalue weighted by Gasteiger charge is 2.09. The zero-order chi connectivity index (χ0) is 15.2. The molecule has 0 aliphatic heterocycles. The number of rotatable bonds is 6. The van der Waals surface area contributed by atoms with Crippen LogP contribution in [0.4, 0.5) is 0 Å². The number of benzene rings is 2. The minimum Gasteiger partial charge on any atom is -0.493 e. The van der Waals surface area contributed by atoms with E-state index in [4.69, 9.17) is 9.84 Å². The van der Waals surface area contributed by atoms with E-state index < -0.39 is 0 Å². The molecule has 0 aliphatic rings. The third-order valence-corrected chi connectivity index (χ3v) is 3.46. The van der Waals surface area contributed by atoms with Crippen LogP contribution in [0.25, 0.3) is 11.3 Å². The minimum absolute atomic E-state index is 0.0516. The van der Waals surface area contributed by atoms with Crippen molar-refractivity contribution in [1.29, 1.82) is 0 Å². The normalized spacial score (nSPS) is 10.6. The van der Waals surface area contributed by atoms with Gasteiger partial charge in [0.15, 0.2) is 0 Å². The lowest BCUT2D eigenvalue weighted by molar-refractivity contribution is 0.276. The maximum atomic E-state index is 9.13. The number of nitrogens with one attached hydrogen (secondary N) is 1. The largest absolute Gasteiger partial charge is 0.493 e. The fourth-order valence-corrected chi connectivity index (χ4v) is 2.31.